The molecule has 6 heteroatoms. The highest BCUT2D eigenvalue weighted by Crippen LogP contribution is 2.39. The summed E-state index contributed by atoms with van der Waals surface area (Å²) < 4.78 is 5.10. The highest BCUT2D eigenvalue weighted by Gasteiger charge is 2.40. The maximum Gasteiger partial charge on any atom is 0.259 e. The Labute approximate surface area is 93.7 Å². The van der Waals surface area contributed by atoms with Gasteiger partial charge in [-0.1, -0.05) is 5.16 Å². The maximum absolute atomic E-state index is 10.1. The van der Waals surface area contributed by atoms with E-state index in [0.29, 0.717) is 24.8 Å². The van der Waals surface area contributed by atoms with Crippen molar-refractivity contribution >= 4 is 12.4 Å². The summed E-state index contributed by atoms with van der Waals surface area (Å²) in [5, 5.41) is 17.1. The topological polar surface area (TPSA) is 71.2 Å². The molecule has 0 aromatic carbocycles. The first-order chi connectivity index (χ1) is 6.78. The van der Waals surface area contributed by atoms with Crippen LogP contribution in [0.25, 0.3) is 0 Å². The first-order valence-corrected chi connectivity index (χ1v) is 5.05. The molecule has 1 atom stereocenters. The fourth-order valence-electron chi connectivity index (χ4n) is 1.79. The fraction of sp³-hybridized carbons (Fsp3) is 0.778. The van der Waals surface area contributed by atoms with E-state index in [0.717, 1.165) is 25.2 Å². The number of aromatic nitrogens is 2. The third-order valence-corrected chi connectivity index (χ3v) is 2.92. The van der Waals surface area contributed by atoms with Gasteiger partial charge in [0.15, 0.2) is 11.4 Å². The number of β-amino-alcohol motifs (C(OH)–C–C–N with tert-alkyl or cyclic N) is 1. The molecular weight excluding hydrogens is 218 g/mol. The van der Waals surface area contributed by atoms with Crippen molar-refractivity contribution in [2.45, 2.75) is 30.8 Å². The van der Waals surface area contributed by atoms with Crippen LogP contribution in [0.1, 0.15) is 36.9 Å². The van der Waals surface area contributed by atoms with E-state index in [1.165, 1.54) is 0 Å². The number of nitrogens with one attached hydrogen (secondary N) is 1. The van der Waals surface area contributed by atoms with Crippen LogP contribution in [-0.2, 0) is 5.60 Å². The van der Waals surface area contributed by atoms with Gasteiger partial charge in [-0.3, -0.25) is 0 Å². The lowest BCUT2D eigenvalue weighted by Gasteiger charge is -2.14. The number of halogens is 1. The largest absolute Gasteiger partial charge is 0.379 e. The Bertz CT molecular complexity index is 345. The van der Waals surface area contributed by atoms with E-state index in [9.17, 15) is 5.11 Å². The average molecular weight is 232 g/mol. The molecule has 2 fully saturated rings. The number of aliphatic hydroxyl groups is 1. The minimum atomic E-state index is -0.930. The summed E-state index contributed by atoms with van der Waals surface area (Å²) >= 11 is 0. The third-order valence-electron chi connectivity index (χ3n) is 2.92. The van der Waals surface area contributed by atoms with Crippen LogP contribution >= 0.6 is 12.4 Å². The van der Waals surface area contributed by atoms with Gasteiger partial charge in [-0.15, -0.1) is 12.4 Å². The minimum Gasteiger partial charge on any atom is -0.379 e. The smallest absolute Gasteiger partial charge is 0.259 e. The van der Waals surface area contributed by atoms with Gasteiger partial charge in [-0.2, -0.15) is 4.98 Å². The maximum atomic E-state index is 10.1. The molecule has 1 saturated heterocycles. The number of hydrogen-bond donors (Lipinski definition) is 2. The predicted octanol–water partition coefficient (Wildman–Crippen LogP) is 0.550. The van der Waals surface area contributed by atoms with E-state index < -0.39 is 5.60 Å². The summed E-state index contributed by atoms with van der Waals surface area (Å²) in [6.07, 6.45) is 2.95. The molecule has 0 spiro atoms. The molecule has 1 saturated carbocycles. The van der Waals surface area contributed by atoms with Crippen LogP contribution in [-0.4, -0.2) is 28.3 Å². The van der Waals surface area contributed by atoms with Gasteiger partial charge in [0, 0.05) is 12.5 Å². The molecule has 2 aliphatic rings. The van der Waals surface area contributed by atoms with Crippen molar-refractivity contribution in [2.24, 2.45) is 0 Å². The van der Waals surface area contributed by atoms with Crippen LogP contribution in [0.4, 0.5) is 0 Å². The van der Waals surface area contributed by atoms with Crippen LogP contribution in [0.15, 0.2) is 4.52 Å². The Morgan fingerprint density at radius 1 is 1.47 bits per heavy atom. The molecular formula is C9H14ClN3O2. The van der Waals surface area contributed by atoms with Crippen LogP contribution in [0, 0.1) is 0 Å². The van der Waals surface area contributed by atoms with Crippen molar-refractivity contribution in [2.75, 3.05) is 13.1 Å². The number of rotatable bonds is 2. The Morgan fingerprint density at radius 3 is 2.87 bits per heavy atom. The SMILES string of the molecule is Cl.OC1(c2nc(C3CC3)no2)CCNC1. The molecule has 3 rings (SSSR count). The lowest BCUT2D eigenvalue weighted by atomic mass is 10.0. The summed E-state index contributed by atoms with van der Waals surface area (Å²) in [7, 11) is 0. The van der Waals surface area contributed by atoms with Gasteiger partial charge in [-0.05, 0) is 25.8 Å². The first-order valence-electron chi connectivity index (χ1n) is 5.05. The second-order valence-corrected chi connectivity index (χ2v) is 4.19. The molecule has 1 aliphatic heterocycles. The molecule has 0 amide bonds. The van der Waals surface area contributed by atoms with Gasteiger partial charge >= 0.3 is 0 Å². The second kappa shape index (κ2) is 3.73. The lowest BCUT2D eigenvalue weighted by molar-refractivity contribution is 0.0243. The normalized spacial score (nSPS) is 30.2. The van der Waals surface area contributed by atoms with E-state index in [-0.39, 0.29) is 12.4 Å². The fourth-order valence-corrected chi connectivity index (χ4v) is 1.79. The van der Waals surface area contributed by atoms with Gasteiger partial charge in [0.1, 0.15) is 0 Å². The molecule has 1 aliphatic carbocycles. The third kappa shape index (κ3) is 1.87. The molecule has 0 bridgehead atoms. The van der Waals surface area contributed by atoms with Gasteiger partial charge in [0.25, 0.3) is 5.89 Å². The first kappa shape index (κ1) is 10.9. The van der Waals surface area contributed by atoms with Gasteiger partial charge < -0.3 is 14.9 Å². The quantitative estimate of drug-likeness (QED) is 0.778. The van der Waals surface area contributed by atoms with E-state index in [4.69, 9.17) is 4.52 Å². The summed E-state index contributed by atoms with van der Waals surface area (Å²) in [6, 6.07) is 0. The van der Waals surface area contributed by atoms with Crippen LogP contribution in [0.3, 0.4) is 0 Å². The predicted molar refractivity (Wildman–Crippen MR) is 54.9 cm³/mol. The Kier molecular flexibility index (Phi) is 2.70. The molecule has 2 N–H and O–H groups in total. The van der Waals surface area contributed by atoms with Gasteiger partial charge in [-0.25, -0.2) is 0 Å². The average Bonchev–Trinajstić information content (AvgIpc) is 2.75. The zero-order valence-corrected chi connectivity index (χ0v) is 9.09. The molecule has 15 heavy (non-hydrogen) atoms. The molecule has 84 valence electrons. The van der Waals surface area contributed by atoms with Gasteiger partial charge in [0.05, 0.1) is 0 Å². The Balaban J connectivity index is 0.000000853. The van der Waals surface area contributed by atoms with Gasteiger partial charge in [0.2, 0.25) is 0 Å². The van der Waals surface area contributed by atoms with Crippen molar-refractivity contribution in [3.63, 3.8) is 0 Å². The molecule has 1 aromatic rings. The lowest BCUT2D eigenvalue weighted by Crippen LogP contribution is -2.28. The monoisotopic (exact) mass is 231 g/mol. The second-order valence-electron chi connectivity index (χ2n) is 4.19. The van der Waals surface area contributed by atoms with Crippen molar-refractivity contribution < 1.29 is 9.63 Å². The van der Waals surface area contributed by atoms with E-state index in [1.54, 1.807) is 0 Å². The van der Waals surface area contributed by atoms with Crippen molar-refractivity contribution in [1.82, 2.24) is 15.5 Å². The standard InChI is InChI=1S/C9H13N3O2.ClH/c13-9(3-4-10-5-9)8-11-7(12-14-8)6-1-2-6;/h6,10,13H,1-5H2;1H. The highest BCUT2D eigenvalue weighted by atomic mass is 35.5. The summed E-state index contributed by atoms with van der Waals surface area (Å²) in [6.45, 7) is 1.32. The summed E-state index contributed by atoms with van der Waals surface area (Å²) in [4.78, 5) is 4.26. The summed E-state index contributed by atoms with van der Waals surface area (Å²) in [5.41, 5.74) is -0.930. The molecule has 0 radical (unpaired) electrons. The number of hydrogen-bond acceptors (Lipinski definition) is 5. The van der Waals surface area contributed by atoms with Crippen LogP contribution in [0.2, 0.25) is 0 Å². The van der Waals surface area contributed by atoms with E-state index >= 15 is 0 Å². The van der Waals surface area contributed by atoms with E-state index in [1.807, 2.05) is 0 Å². The van der Waals surface area contributed by atoms with Crippen LogP contribution < -0.4 is 5.32 Å². The summed E-state index contributed by atoms with van der Waals surface area (Å²) in [5.74, 6) is 1.62. The zero-order valence-electron chi connectivity index (χ0n) is 8.27. The van der Waals surface area contributed by atoms with Crippen molar-refractivity contribution in [3.8, 4) is 0 Å². The molecule has 1 unspecified atom stereocenters. The van der Waals surface area contributed by atoms with Crippen LogP contribution in [0.5, 0.6) is 0 Å². The van der Waals surface area contributed by atoms with Crippen molar-refractivity contribution in [1.29, 1.82) is 0 Å². The van der Waals surface area contributed by atoms with E-state index in [2.05, 4.69) is 15.5 Å². The zero-order chi connectivity index (χ0) is 9.60. The Hall–Kier alpha value is -0.650. The van der Waals surface area contributed by atoms with Crippen molar-refractivity contribution in [3.05, 3.63) is 11.7 Å². The molecule has 1 aromatic heterocycles. The number of nitrogens with zero attached hydrogens (tertiary/aromatic N) is 2. The minimum absolute atomic E-state index is 0. The molecule has 2 heterocycles. The highest BCUT2D eigenvalue weighted by molar-refractivity contribution is 5.85. The Morgan fingerprint density at radius 2 is 2.27 bits per heavy atom. The molecule has 5 nitrogen and oxygen atoms in total.